The molecule has 0 aliphatic rings. The van der Waals surface area contributed by atoms with Crippen LogP contribution in [0.15, 0.2) is 0 Å². The molecule has 0 aliphatic carbocycles. The zero-order valence-corrected chi connectivity index (χ0v) is 11.7. The highest BCUT2D eigenvalue weighted by molar-refractivity contribution is 9.09. The molecule has 4 heteroatoms. The van der Waals surface area contributed by atoms with Crippen LogP contribution in [0.25, 0.3) is 0 Å². The van der Waals surface area contributed by atoms with Gasteiger partial charge >= 0.3 is 0 Å². The van der Waals surface area contributed by atoms with Crippen molar-refractivity contribution >= 4 is 25.8 Å². The van der Waals surface area contributed by atoms with E-state index in [0.717, 1.165) is 25.7 Å². The van der Waals surface area contributed by atoms with E-state index in [1.54, 1.807) is 13.8 Å². The summed E-state index contributed by atoms with van der Waals surface area (Å²) in [6.45, 7) is 5.62. The summed E-state index contributed by atoms with van der Waals surface area (Å²) in [6, 6.07) is 0. The summed E-state index contributed by atoms with van der Waals surface area (Å²) < 4.78 is 22.9. The molecule has 0 saturated heterocycles. The lowest BCUT2D eigenvalue weighted by Gasteiger charge is -2.10. The first-order valence-electron chi connectivity index (χ1n) is 5.25. The standard InChI is InChI=1S/C10H21BrO2S/c1-4-6-10(11)7-5-8-14(12,13)9(2)3/h9-10H,4-8H2,1-3H3. The molecule has 0 aromatic rings. The lowest BCUT2D eigenvalue weighted by atomic mass is 10.2. The van der Waals surface area contributed by atoms with E-state index >= 15 is 0 Å². The number of rotatable bonds is 7. The second-order valence-corrected chi connectivity index (χ2v) is 7.92. The molecule has 14 heavy (non-hydrogen) atoms. The van der Waals surface area contributed by atoms with Gasteiger partial charge in [-0.15, -0.1) is 0 Å². The largest absolute Gasteiger partial charge is 0.229 e. The topological polar surface area (TPSA) is 34.1 Å². The highest BCUT2D eigenvalue weighted by atomic mass is 79.9. The molecule has 0 rings (SSSR count). The van der Waals surface area contributed by atoms with Gasteiger partial charge in [-0.25, -0.2) is 8.42 Å². The molecule has 0 N–H and O–H groups in total. The maximum Gasteiger partial charge on any atom is 0.152 e. The molecule has 0 bridgehead atoms. The minimum Gasteiger partial charge on any atom is -0.229 e. The van der Waals surface area contributed by atoms with Gasteiger partial charge in [0.2, 0.25) is 0 Å². The van der Waals surface area contributed by atoms with Crippen LogP contribution in [0.1, 0.15) is 46.5 Å². The highest BCUT2D eigenvalue weighted by Gasteiger charge is 2.15. The number of alkyl halides is 1. The number of hydrogen-bond acceptors (Lipinski definition) is 2. The van der Waals surface area contributed by atoms with E-state index in [0.29, 0.717) is 10.6 Å². The monoisotopic (exact) mass is 284 g/mol. The van der Waals surface area contributed by atoms with Crippen molar-refractivity contribution in [2.24, 2.45) is 0 Å². The first kappa shape index (κ1) is 14.4. The van der Waals surface area contributed by atoms with Crippen LogP contribution in [0.5, 0.6) is 0 Å². The van der Waals surface area contributed by atoms with Crippen LogP contribution >= 0.6 is 15.9 Å². The van der Waals surface area contributed by atoms with Crippen LogP contribution in [0, 0.1) is 0 Å². The van der Waals surface area contributed by atoms with Crippen LogP contribution in [0.4, 0.5) is 0 Å². The summed E-state index contributed by atoms with van der Waals surface area (Å²) in [6.07, 6.45) is 4.00. The Balaban J connectivity index is 3.74. The van der Waals surface area contributed by atoms with Crippen molar-refractivity contribution in [2.45, 2.75) is 56.5 Å². The summed E-state index contributed by atoms with van der Waals surface area (Å²) >= 11 is 3.55. The van der Waals surface area contributed by atoms with Gasteiger partial charge in [0.15, 0.2) is 9.84 Å². The third-order valence-corrected chi connectivity index (χ3v) is 5.48. The van der Waals surface area contributed by atoms with Gasteiger partial charge < -0.3 is 0 Å². The van der Waals surface area contributed by atoms with E-state index in [1.165, 1.54) is 0 Å². The quantitative estimate of drug-likeness (QED) is 0.673. The fourth-order valence-electron chi connectivity index (χ4n) is 1.20. The summed E-state index contributed by atoms with van der Waals surface area (Å²) in [7, 11) is -2.83. The maximum atomic E-state index is 11.5. The van der Waals surface area contributed by atoms with Crippen LogP contribution in [-0.2, 0) is 9.84 Å². The molecule has 2 nitrogen and oxygen atoms in total. The Morgan fingerprint density at radius 3 is 2.21 bits per heavy atom. The first-order chi connectivity index (χ1) is 6.40. The van der Waals surface area contributed by atoms with Gasteiger partial charge in [0.05, 0.1) is 11.0 Å². The van der Waals surface area contributed by atoms with Crippen molar-refractivity contribution in [1.82, 2.24) is 0 Å². The van der Waals surface area contributed by atoms with Gasteiger partial charge in [0, 0.05) is 4.83 Å². The van der Waals surface area contributed by atoms with Gasteiger partial charge in [-0.05, 0) is 33.1 Å². The average molecular weight is 285 g/mol. The summed E-state index contributed by atoms with van der Waals surface area (Å²) in [4.78, 5) is 0.481. The molecule has 0 aliphatic heterocycles. The summed E-state index contributed by atoms with van der Waals surface area (Å²) in [5.41, 5.74) is 0. The molecular formula is C10H21BrO2S. The molecule has 0 radical (unpaired) electrons. The van der Waals surface area contributed by atoms with Crippen molar-refractivity contribution in [3.05, 3.63) is 0 Å². The zero-order chi connectivity index (χ0) is 11.2. The van der Waals surface area contributed by atoms with Gasteiger partial charge in [0.25, 0.3) is 0 Å². The number of hydrogen-bond donors (Lipinski definition) is 0. The normalized spacial score (nSPS) is 14.6. The first-order valence-corrected chi connectivity index (χ1v) is 7.89. The highest BCUT2D eigenvalue weighted by Crippen LogP contribution is 2.15. The van der Waals surface area contributed by atoms with Crippen LogP contribution in [0.2, 0.25) is 0 Å². The van der Waals surface area contributed by atoms with Gasteiger partial charge in [-0.2, -0.15) is 0 Å². The Hall–Kier alpha value is 0.430. The predicted molar refractivity (Wildman–Crippen MR) is 65.8 cm³/mol. The van der Waals surface area contributed by atoms with Crippen LogP contribution < -0.4 is 0 Å². The minimum atomic E-state index is -2.83. The van der Waals surface area contributed by atoms with Crippen molar-refractivity contribution in [1.29, 1.82) is 0 Å². The van der Waals surface area contributed by atoms with Gasteiger partial charge in [-0.1, -0.05) is 29.3 Å². The molecule has 0 spiro atoms. The van der Waals surface area contributed by atoms with E-state index < -0.39 is 9.84 Å². The molecule has 1 atom stereocenters. The average Bonchev–Trinajstić information content (AvgIpc) is 2.04. The molecule has 86 valence electrons. The fourth-order valence-corrected chi connectivity index (χ4v) is 3.02. The molecule has 0 aromatic carbocycles. The van der Waals surface area contributed by atoms with Gasteiger partial charge in [-0.3, -0.25) is 0 Å². The van der Waals surface area contributed by atoms with E-state index in [4.69, 9.17) is 0 Å². The lowest BCUT2D eigenvalue weighted by molar-refractivity contribution is 0.580. The van der Waals surface area contributed by atoms with E-state index in [-0.39, 0.29) is 5.25 Å². The Kier molecular flexibility index (Phi) is 7.04. The van der Waals surface area contributed by atoms with Crippen molar-refractivity contribution < 1.29 is 8.42 Å². The fraction of sp³-hybridized carbons (Fsp3) is 1.00. The molecule has 0 fully saturated rings. The SMILES string of the molecule is CCCC(Br)CCCS(=O)(=O)C(C)C. The predicted octanol–water partition coefficient (Wildman–Crippen LogP) is 3.15. The molecular weight excluding hydrogens is 264 g/mol. The van der Waals surface area contributed by atoms with E-state index in [9.17, 15) is 8.42 Å². The molecule has 0 heterocycles. The third-order valence-electron chi connectivity index (χ3n) is 2.27. The maximum absolute atomic E-state index is 11.5. The second-order valence-electron chi connectivity index (χ2n) is 3.94. The van der Waals surface area contributed by atoms with Crippen molar-refractivity contribution in [2.75, 3.05) is 5.75 Å². The van der Waals surface area contributed by atoms with Crippen molar-refractivity contribution in [3.63, 3.8) is 0 Å². The van der Waals surface area contributed by atoms with Crippen LogP contribution in [0.3, 0.4) is 0 Å². The summed E-state index contributed by atoms with van der Waals surface area (Å²) in [5.74, 6) is 0.330. The molecule has 0 aromatic heterocycles. The zero-order valence-electron chi connectivity index (χ0n) is 9.29. The third kappa shape index (κ3) is 6.02. The summed E-state index contributed by atoms with van der Waals surface area (Å²) in [5, 5.41) is -0.234. The molecule has 0 amide bonds. The number of halogens is 1. The molecule has 1 unspecified atom stereocenters. The lowest BCUT2D eigenvalue weighted by Crippen LogP contribution is -2.18. The Labute approximate surface area is 96.5 Å². The second kappa shape index (κ2) is 6.83. The Morgan fingerprint density at radius 1 is 1.21 bits per heavy atom. The minimum absolute atomic E-state index is 0.234. The van der Waals surface area contributed by atoms with E-state index in [1.807, 2.05) is 0 Å². The Morgan fingerprint density at radius 2 is 1.79 bits per heavy atom. The van der Waals surface area contributed by atoms with Crippen LogP contribution in [-0.4, -0.2) is 24.2 Å². The van der Waals surface area contributed by atoms with E-state index in [2.05, 4.69) is 22.9 Å². The van der Waals surface area contributed by atoms with Gasteiger partial charge in [0.1, 0.15) is 0 Å². The smallest absolute Gasteiger partial charge is 0.152 e. The number of sulfone groups is 1. The molecule has 0 saturated carbocycles. The van der Waals surface area contributed by atoms with Crippen molar-refractivity contribution in [3.8, 4) is 0 Å². The Bertz CT molecular complexity index is 235.